The number of hydrogen-bond donors (Lipinski definition) is 1. The third-order valence-electron chi connectivity index (χ3n) is 4.22. The van der Waals surface area contributed by atoms with Crippen molar-refractivity contribution in [3.63, 3.8) is 0 Å². The van der Waals surface area contributed by atoms with Crippen LogP contribution in [0.1, 0.15) is 11.4 Å². The first-order valence-corrected chi connectivity index (χ1v) is 9.82. The van der Waals surface area contributed by atoms with Crippen LogP contribution in [-0.2, 0) is 10.0 Å². The topological polar surface area (TPSA) is 82.4 Å². The molecular weight excluding hydrogens is 385 g/mol. The maximum atomic E-state index is 13.2. The average molecular weight is 405 g/mol. The monoisotopic (exact) mass is 405 g/mol. The lowest BCUT2D eigenvalue weighted by Crippen LogP contribution is -2.15. The van der Waals surface area contributed by atoms with Gasteiger partial charge in [0.05, 0.1) is 37.0 Å². The van der Waals surface area contributed by atoms with Gasteiger partial charge in [-0.15, -0.1) is 0 Å². The molecule has 0 saturated carbocycles. The highest BCUT2D eigenvalue weighted by Gasteiger charge is 2.26. The summed E-state index contributed by atoms with van der Waals surface area (Å²) in [4.78, 5) is 0.0432. The van der Waals surface area contributed by atoms with E-state index in [9.17, 15) is 12.8 Å². The molecule has 0 fully saturated rings. The zero-order valence-corrected chi connectivity index (χ0v) is 16.7. The van der Waals surface area contributed by atoms with E-state index in [4.69, 9.17) is 9.47 Å². The van der Waals surface area contributed by atoms with E-state index in [1.54, 1.807) is 26.0 Å². The van der Waals surface area contributed by atoms with Crippen LogP contribution in [0.15, 0.2) is 47.4 Å². The SMILES string of the molecule is COc1ccc(OC)c(NS(=O)(=O)c2c(C)nn(-c3ccc(F)cc3)c2C)c1. The van der Waals surface area contributed by atoms with Crippen molar-refractivity contribution in [1.82, 2.24) is 9.78 Å². The van der Waals surface area contributed by atoms with Gasteiger partial charge in [0.1, 0.15) is 22.2 Å². The number of hydrogen-bond acceptors (Lipinski definition) is 5. The van der Waals surface area contributed by atoms with Crippen molar-refractivity contribution < 1.29 is 22.3 Å². The number of ether oxygens (including phenoxy) is 2. The molecule has 28 heavy (non-hydrogen) atoms. The number of anilines is 1. The van der Waals surface area contributed by atoms with E-state index >= 15 is 0 Å². The lowest BCUT2D eigenvalue weighted by Gasteiger charge is -2.13. The Balaban J connectivity index is 2.05. The first-order valence-electron chi connectivity index (χ1n) is 8.34. The number of aryl methyl sites for hydroxylation is 1. The van der Waals surface area contributed by atoms with Crippen LogP contribution >= 0.6 is 0 Å². The standard InChI is InChI=1S/C19H20FN3O4S/c1-12-19(13(2)23(21-12)15-7-5-14(20)6-8-15)28(24,25)22-17-11-16(26-3)9-10-18(17)27-4/h5-11,22H,1-4H3. The van der Waals surface area contributed by atoms with Crippen molar-refractivity contribution in [2.45, 2.75) is 18.7 Å². The van der Waals surface area contributed by atoms with Crippen molar-refractivity contribution in [1.29, 1.82) is 0 Å². The Hall–Kier alpha value is -3.07. The van der Waals surface area contributed by atoms with E-state index in [0.29, 0.717) is 28.6 Å². The van der Waals surface area contributed by atoms with E-state index in [-0.39, 0.29) is 16.4 Å². The summed E-state index contributed by atoms with van der Waals surface area (Å²) in [6.07, 6.45) is 0. The van der Waals surface area contributed by atoms with Crippen LogP contribution in [0.4, 0.5) is 10.1 Å². The van der Waals surface area contributed by atoms with Crippen LogP contribution in [0.5, 0.6) is 11.5 Å². The fraction of sp³-hybridized carbons (Fsp3) is 0.211. The van der Waals surface area contributed by atoms with E-state index in [1.807, 2.05) is 0 Å². The molecule has 0 atom stereocenters. The number of nitrogens with one attached hydrogen (secondary N) is 1. The largest absolute Gasteiger partial charge is 0.497 e. The Labute approximate surface area is 162 Å². The van der Waals surface area contributed by atoms with Crippen LogP contribution in [0.25, 0.3) is 5.69 Å². The van der Waals surface area contributed by atoms with Crippen LogP contribution in [0, 0.1) is 19.7 Å². The molecule has 9 heteroatoms. The molecule has 0 spiro atoms. The fourth-order valence-corrected chi connectivity index (χ4v) is 4.40. The number of halogens is 1. The van der Waals surface area contributed by atoms with Gasteiger partial charge in [0.2, 0.25) is 0 Å². The van der Waals surface area contributed by atoms with Crippen molar-refractivity contribution in [2.24, 2.45) is 0 Å². The predicted octanol–water partition coefficient (Wildman–Crippen LogP) is 3.45. The summed E-state index contributed by atoms with van der Waals surface area (Å²) in [6, 6.07) is 10.5. The first kappa shape index (κ1) is 19.7. The maximum absolute atomic E-state index is 13.2. The van der Waals surface area contributed by atoms with Gasteiger partial charge in [0.15, 0.2) is 0 Å². The second kappa shape index (κ2) is 7.51. The van der Waals surface area contributed by atoms with Gasteiger partial charge in [-0.2, -0.15) is 5.10 Å². The molecule has 1 aromatic heterocycles. The molecule has 0 unspecified atom stereocenters. The van der Waals surface area contributed by atoms with E-state index < -0.39 is 10.0 Å². The second-order valence-electron chi connectivity index (χ2n) is 6.06. The molecule has 1 N–H and O–H groups in total. The van der Waals surface area contributed by atoms with E-state index in [0.717, 1.165) is 0 Å². The molecule has 0 aliphatic heterocycles. The van der Waals surface area contributed by atoms with Gasteiger partial charge in [0.25, 0.3) is 10.0 Å². The second-order valence-corrected chi connectivity index (χ2v) is 7.68. The van der Waals surface area contributed by atoms with Gasteiger partial charge in [0, 0.05) is 6.07 Å². The summed E-state index contributed by atoms with van der Waals surface area (Å²) < 4.78 is 53.8. The average Bonchev–Trinajstić information content (AvgIpc) is 2.97. The quantitative estimate of drug-likeness (QED) is 0.679. The molecule has 0 bridgehead atoms. The minimum absolute atomic E-state index is 0.0432. The normalized spacial score (nSPS) is 11.3. The van der Waals surface area contributed by atoms with Crippen LogP contribution in [-0.4, -0.2) is 32.4 Å². The smallest absolute Gasteiger partial charge is 0.265 e. The lowest BCUT2D eigenvalue weighted by molar-refractivity contribution is 0.405. The molecule has 3 rings (SSSR count). The van der Waals surface area contributed by atoms with Crippen molar-refractivity contribution in [3.05, 3.63) is 59.7 Å². The highest BCUT2D eigenvalue weighted by molar-refractivity contribution is 7.92. The summed E-state index contributed by atoms with van der Waals surface area (Å²) in [6.45, 7) is 3.24. The van der Waals surface area contributed by atoms with E-state index in [1.165, 1.54) is 49.2 Å². The Morgan fingerprint density at radius 3 is 2.32 bits per heavy atom. The Morgan fingerprint density at radius 1 is 1.04 bits per heavy atom. The summed E-state index contributed by atoms with van der Waals surface area (Å²) in [5.74, 6) is 0.449. The summed E-state index contributed by atoms with van der Waals surface area (Å²) >= 11 is 0. The first-order chi connectivity index (χ1) is 13.3. The maximum Gasteiger partial charge on any atom is 0.265 e. The van der Waals surface area contributed by atoms with Crippen LogP contribution in [0.3, 0.4) is 0 Å². The fourth-order valence-electron chi connectivity index (χ4n) is 2.94. The zero-order chi connectivity index (χ0) is 20.5. The Kier molecular flexibility index (Phi) is 5.28. The number of methoxy groups -OCH3 is 2. The number of sulfonamides is 1. The molecule has 0 saturated heterocycles. The van der Waals surface area contributed by atoms with Crippen molar-refractivity contribution in [3.8, 4) is 17.2 Å². The molecule has 0 radical (unpaired) electrons. The zero-order valence-electron chi connectivity index (χ0n) is 15.9. The summed E-state index contributed by atoms with van der Waals surface area (Å²) in [5, 5.41) is 4.31. The number of benzene rings is 2. The van der Waals surface area contributed by atoms with Crippen molar-refractivity contribution >= 4 is 15.7 Å². The lowest BCUT2D eigenvalue weighted by atomic mass is 10.3. The molecule has 3 aromatic rings. The summed E-state index contributed by atoms with van der Waals surface area (Å²) in [7, 11) is -1.04. The highest BCUT2D eigenvalue weighted by Crippen LogP contribution is 2.32. The number of aromatic nitrogens is 2. The van der Waals surface area contributed by atoms with E-state index in [2.05, 4.69) is 9.82 Å². The molecule has 1 heterocycles. The molecule has 0 amide bonds. The Bertz CT molecular complexity index is 1110. The van der Waals surface area contributed by atoms with Crippen LogP contribution in [0.2, 0.25) is 0 Å². The Morgan fingerprint density at radius 2 is 1.71 bits per heavy atom. The molecule has 148 valence electrons. The van der Waals surface area contributed by atoms with Gasteiger partial charge in [-0.3, -0.25) is 4.72 Å². The predicted molar refractivity (Wildman–Crippen MR) is 103 cm³/mol. The van der Waals surface area contributed by atoms with Crippen LogP contribution < -0.4 is 14.2 Å². The third kappa shape index (κ3) is 3.65. The summed E-state index contributed by atoms with van der Waals surface area (Å²) in [5.41, 5.74) is 1.52. The number of rotatable bonds is 6. The van der Waals surface area contributed by atoms with Gasteiger partial charge in [-0.25, -0.2) is 17.5 Å². The molecule has 0 aliphatic carbocycles. The number of nitrogens with zero attached hydrogens (tertiary/aromatic N) is 2. The minimum atomic E-state index is -3.97. The molecule has 2 aromatic carbocycles. The van der Waals surface area contributed by atoms with Gasteiger partial charge < -0.3 is 9.47 Å². The van der Waals surface area contributed by atoms with Gasteiger partial charge >= 0.3 is 0 Å². The van der Waals surface area contributed by atoms with Gasteiger partial charge in [-0.1, -0.05) is 0 Å². The molecular formula is C19H20FN3O4S. The molecule has 7 nitrogen and oxygen atoms in total. The molecule has 0 aliphatic rings. The van der Waals surface area contributed by atoms with Crippen molar-refractivity contribution in [2.75, 3.05) is 18.9 Å². The minimum Gasteiger partial charge on any atom is -0.497 e. The third-order valence-corrected chi connectivity index (χ3v) is 5.83. The highest BCUT2D eigenvalue weighted by atomic mass is 32.2. The van der Waals surface area contributed by atoms with Gasteiger partial charge in [-0.05, 0) is 50.2 Å².